The zero-order chi connectivity index (χ0) is 10.9. The van der Waals surface area contributed by atoms with Crippen LogP contribution in [0.5, 0.6) is 0 Å². The Hall–Kier alpha value is -0.0800. The monoisotopic (exact) mass is 210 g/mol. The van der Waals surface area contributed by atoms with Crippen LogP contribution in [-0.2, 0) is 0 Å². The summed E-state index contributed by atoms with van der Waals surface area (Å²) in [7, 11) is 0. The van der Waals surface area contributed by atoms with E-state index >= 15 is 0 Å². The molecule has 2 fully saturated rings. The fourth-order valence-electron chi connectivity index (χ4n) is 3.65. The van der Waals surface area contributed by atoms with E-state index in [2.05, 4.69) is 18.7 Å². The van der Waals surface area contributed by atoms with Crippen molar-refractivity contribution in [1.82, 2.24) is 4.90 Å². The van der Waals surface area contributed by atoms with Gasteiger partial charge in [-0.2, -0.15) is 0 Å². The molecule has 1 saturated carbocycles. The highest BCUT2D eigenvalue weighted by molar-refractivity contribution is 4.99. The van der Waals surface area contributed by atoms with Crippen LogP contribution in [0.1, 0.15) is 52.4 Å². The van der Waals surface area contributed by atoms with Gasteiger partial charge in [-0.25, -0.2) is 0 Å². The average Bonchev–Trinajstić information content (AvgIpc) is 2.72. The molecule has 2 N–H and O–H groups in total. The van der Waals surface area contributed by atoms with Crippen molar-refractivity contribution in [2.24, 2.45) is 11.7 Å². The first-order valence-corrected chi connectivity index (χ1v) is 6.66. The maximum absolute atomic E-state index is 6.07. The second kappa shape index (κ2) is 4.42. The Kier molecular flexibility index (Phi) is 3.36. The summed E-state index contributed by atoms with van der Waals surface area (Å²) in [5.74, 6) is 0.850. The van der Waals surface area contributed by atoms with E-state index in [4.69, 9.17) is 5.73 Å². The Morgan fingerprint density at radius 1 is 1.20 bits per heavy atom. The van der Waals surface area contributed by atoms with Gasteiger partial charge < -0.3 is 5.73 Å². The van der Waals surface area contributed by atoms with Gasteiger partial charge in [0.1, 0.15) is 0 Å². The average molecular weight is 210 g/mol. The molecule has 2 nitrogen and oxygen atoms in total. The van der Waals surface area contributed by atoms with Crippen molar-refractivity contribution in [2.75, 3.05) is 13.1 Å². The van der Waals surface area contributed by atoms with Gasteiger partial charge in [0.05, 0.1) is 0 Å². The predicted molar refractivity (Wildman–Crippen MR) is 64.8 cm³/mol. The second-order valence-electron chi connectivity index (χ2n) is 5.69. The lowest BCUT2D eigenvalue weighted by Gasteiger charge is -2.49. The lowest BCUT2D eigenvalue weighted by molar-refractivity contribution is 0.00780. The molecule has 2 heteroatoms. The van der Waals surface area contributed by atoms with Gasteiger partial charge in [0, 0.05) is 18.1 Å². The summed E-state index contributed by atoms with van der Waals surface area (Å²) in [6, 6.07) is 0.736. The highest BCUT2D eigenvalue weighted by Gasteiger charge is 2.42. The van der Waals surface area contributed by atoms with Gasteiger partial charge >= 0.3 is 0 Å². The zero-order valence-electron chi connectivity index (χ0n) is 10.3. The van der Waals surface area contributed by atoms with Gasteiger partial charge in [-0.1, -0.05) is 19.8 Å². The molecule has 1 aliphatic heterocycles. The quantitative estimate of drug-likeness (QED) is 0.758. The Balaban J connectivity index is 2.12. The topological polar surface area (TPSA) is 29.3 Å². The predicted octanol–water partition coefficient (Wildman–Crippen LogP) is 2.38. The van der Waals surface area contributed by atoms with Crippen molar-refractivity contribution in [3.05, 3.63) is 0 Å². The fraction of sp³-hybridized carbons (Fsp3) is 1.00. The molecule has 88 valence electrons. The Bertz CT molecular complexity index is 209. The fourth-order valence-corrected chi connectivity index (χ4v) is 3.65. The van der Waals surface area contributed by atoms with Crippen LogP contribution in [0.25, 0.3) is 0 Å². The molecule has 0 aromatic rings. The zero-order valence-corrected chi connectivity index (χ0v) is 10.3. The van der Waals surface area contributed by atoms with E-state index in [1.807, 2.05) is 0 Å². The molecular weight excluding hydrogens is 184 g/mol. The largest absolute Gasteiger partial charge is 0.329 e. The van der Waals surface area contributed by atoms with E-state index in [-0.39, 0.29) is 0 Å². The maximum Gasteiger partial charge on any atom is 0.0334 e. The SMILES string of the molecule is CC1CCCN(C2(CN)CCCC2)C1C. The molecule has 1 aliphatic carbocycles. The van der Waals surface area contributed by atoms with Crippen molar-refractivity contribution in [3.8, 4) is 0 Å². The van der Waals surface area contributed by atoms with Crippen LogP contribution in [0.4, 0.5) is 0 Å². The molecular formula is C13H26N2. The molecule has 0 aromatic heterocycles. The molecule has 2 rings (SSSR count). The van der Waals surface area contributed by atoms with Crippen LogP contribution < -0.4 is 5.73 Å². The third-order valence-electron chi connectivity index (χ3n) is 4.90. The molecule has 15 heavy (non-hydrogen) atoms. The van der Waals surface area contributed by atoms with Crippen molar-refractivity contribution in [1.29, 1.82) is 0 Å². The number of rotatable bonds is 2. The molecule has 0 spiro atoms. The third-order valence-corrected chi connectivity index (χ3v) is 4.90. The lowest BCUT2D eigenvalue weighted by atomic mass is 9.85. The van der Waals surface area contributed by atoms with Crippen molar-refractivity contribution >= 4 is 0 Å². The van der Waals surface area contributed by atoms with Crippen LogP contribution in [0.2, 0.25) is 0 Å². The van der Waals surface area contributed by atoms with Crippen LogP contribution in [0.15, 0.2) is 0 Å². The van der Waals surface area contributed by atoms with E-state index in [9.17, 15) is 0 Å². The minimum Gasteiger partial charge on any atom is -0.329 e. The van der Waals surface area contributed by atoms with Crippen molar-refractivity contribution in [2.45, 2.75) is 64.0 Å². The first-order valence-electron chi connectivity index (χ1n) is 6.66. The van der Waals surface area contributed by atoms with Gasteiger partial charge in [-0.05, 0) is 45.1 Å². The smallest absolute Gasteiger partial charge is 0.0334 e. The lowest BCUT2D eigenvalue weighted by Crippen LogP contribution is -2.58. The van der Waals surface area contributed by atoms with Gasteiger partial charge in [0.15, 0.2) is 0 Å². The van der Waals surface area contributed by atoms with Gasteiger partial charge in [-0.15, -0.1) is 0 Å². The molecule has 0 radical (unpaired) electrons. The van der Waals surface area contributed by atoms with E-state index in [1.54, 1.807) is 0 Å². The summed E-state index contributed by atoms with van der Waals surface area (Å²) in [4.78, 5) is 2.74. The normalized spacial score (nSPS) is 37.0. The molecule has 2 atom stereocenters. The third kappa shape index (κ3) is 1.94. The molecule has 2 aliphatic rings. The number of likely N-dealkylation sites (tertiary alicyclic amines) is 1. The number of nitrogens with zero attached hydrogens (tertiary/aromatic N) is 1. The van der Waals surface area contributed by atoms with Crippen LogP contribution >= 0.6 is 0 Å². The number of nitrogens with two attached hydrogens (primary N) is 1. The first-order chi connectivity index (χ1) is 7.19. The van der Waals surface area contributed by atoms with E-state index < -0.39 is 0 Å². The van der Waals surface area contributed by atoms with Crippen LogP contribution in [0.3, 0.4) is 0 Å². The molecule has 1 saturated heterocycles. The van der Waals surface area contributed by atoms with Gasteiger partial charge in [-0.3, -0.25) is 4.90 Å². The molecule has 2 unspecified atom stereocenters. The number of hydrogen-bond donors (Lipinski definition) is 1. The summed E-state index contributed by atoms with van der Waals surface area (Å²) < 4.78 is 0. The number of hydrogen-bond acceptors (Lipinski definition) is 2. The highest BCUT2D eigenvalue weighted by atomic mass is 15.2. The van der Waals surface area contributed by atoms with E-state index in [1.165, 1.54) is 45.1 Å². The summed E-state index contributed by atoms with van der Waals surface area (Å²) in [5, 5.41) is 0. The number of piperidine rings is 1. The Morgan fingerprint density at radius 2 is 1.87 bits per heavy atom. The van der Waals surface area contributed by atoms with Gasteiger partial charge in [0.25, 0.3) is 0 Å². The maximum atomic E-state index is 6.07. The molecule has 0 amide bonds. The van der Waals surface area contributed by atoms with Crippen molar-refractivity contribution < 1.29 is 0 Å². The summed E-state index contributed by atoms with van der Waals surface area (Å²) in [5.41, 5.74) is 6.43. The standard InChI is InChI=1S/C13H26N2/c1-11-6-5-9-15(12(11)2)13(10-14)7-3-4-8-13/h11-12H,3-10,14H2,1-2H3. The van der Waals surface area contributed by atoms with Crippen molar-refractivity contribution in [3.63, 3.8) is 0 Å². The first kappa shape index (κ1) is 11.4. The molecule has 0 aromatic carbocycles. The highest BCUT2D eigenvalue weighted by Crippen LogP contribution is 2.39. The van der Waals surface area contributed by atoms with Crippen LogP contribution in [0, 0.1) is 5.92 Å². The summed E-state index contributed by atoms with van der Waals surface area (Å²) in [6.45, 7) is 6.95. The van der Waals surface area contributed by atoms with E-state index in [0.29, 0.717) is 5.54 Å². The summed E-state index contributed by atoms with van der Waals surface area (Å²) >= 11 is 0. The minimum atomic E-state index is 0.369. The Morgan fingerprint density at radius 3 is 2.47 bits per heavy atom. The van der Waals surface area contributed by atoms with E-state index in [0.717, 1.165) is 18.5 Å². The Labute approximate surface area is 94.2 Å². The second-order valence-corrected chi connectivity index (χ2v) is 5.69. The van der Waals surface area contributed by atoms with Crippen LogP contribution in [-0.4, -0.2) is 29.6 Å². The molecule has 0 bridgehead atoms. The summed E-state index contributed by atoms with van der Waals surface area (Å²) in [6.07, 6.45) is 8.20. The molecule has 1 heterocycles. The minimum absolute atomic E-state index is 0.369. The van der Waals surface area contributed by atoms with Gasteiger partial charge in [0.2, 0.25) is 0 Å².